The third-order valence-electron chi connectivity index (χ3n) is 2.65. The van der Waals surface area contributed by atoms with Crippen LogP contribution in [-0.4, -0.2) is 13.1 Å². The van der Waals surface area contributed by atoms with E-state index in [0.29, 0.717) is 5.82 Å². The summed E-state index contributed by atoms with van der Waals surface area (Å²) < 4.78 is 0. The van der Waals surface area contributed by atoms with E-state index < -0.39 is 0 Å². The van der Waals surface area contributed by atoms with Gasteiger partial charge in [0.15, 0.2) is 0 Å². The Morgan fingerprint density at radius 1 is 1.27 bits per heavy atom. The van der Waals surface area contributed by atoms with Gasteiger partial charge in [0.1, 0.15) is 0 Å². The lowest BCUT2D eigenvalue weighted by atomic mass is 10.0. The fraction of sp³-hybridized carbons (Fsp3) is 0.333. The first kappa shape index (κ1) is 10.1. The molecule has 4 N–H and O–H groups in total. The number of fused-ring (bicyclic) bond motifs is 1. The number of hydrogen-bond donors (Lipinski definition) is 3. The molecule has 3 heteroatoms. The minimum absolute atomic E-state index is 0.488. The van der Waals surface area contributed by atoms with Gasteiger partial charge in [-0.05, 0) is 49.2 Å². The van der Waals surface area contributed by atoms with Crippen LogP contribution in [0.5, 0.6) is 0 Å². The lowest BCUT2D eigenvalue weighted by molar-refractivity contribution is 0.711. The molecule has 1 aliphatic rings. The number of nitrogens with two attached hydrogens (primary N) is 1. The van der Waals surface area contributed by atoms with E-state index in [9.17, 15) is 0 Å². The normalized spacial score (nSPS) is 15.2. The molecule has 0 bridgehead atoms. The zero-order valence-corrected chi connectivity index (χ0v) is 8.84. The highest BCUT2D eigenvalue weighted by molar-refractivity contribution is 5.52. The zero-order valence-electron chi connectivity index (χ0n) is 8.84. The minimum atomic E-state index is 0.488. The van der Waals surface area contributed by atoms with E-state index in [2.05, 4.69) is 35.4 Å². The quantitative estimate of drug-likeness (QED) is 0.677. The first-order chi connectivity index (χ1) is 7.25. The Balaban J connectivity index is 2.23. The Morgan fingerprint density at radius 2 is 2.00 bits per heavy atom. The molecular formula is C12H17N3. The predicted octanol–water partition coefficient (Wildman–Crippen LogP) is 1.22. The maximum absolute atomic E-state index is 5.51. The van der Waals surface area contributed by atoms with Crippen LogP contribution >= 0.6 is 0 Å². The molecule has 15 heavy (non-hydrogen) atoms. The van der Waals surface area contributed by atoms with Gasteiger partial charge in [-0.1, -0.05) is 12.6 Å². The molecule has 0 aromatic heterocycles. The van der Waals surface area contributed by atoms with Crippen LogP contribution in [0.25, 0.3) is 0 Å². The Labute approximate surface area is 90.4 Å². The van der Waals surface area contributed by atoms with Gasteiger partial charge >= 0.3 is 0 Å². The average Bonchev–Trinajstić information content (AvgIpc) is 2.41. The van der Waals surface area contributed by atoms with E-state index in [1.165, 1.54) is 11.1 Å². The summed E-state index contributed by atoms with van der Waals surface area (Å²) in [5, 5.41) is 6.43. The van der Waals surface area contributed by atoms with Crippen LogP contribution in [0.3, 0.4) is 0 Å². The van der Waals surface area contributed by atoms with Crippen molar-refractivity contribution in [3.05, 3.63) is 41.7 Å². The Morgan fingerprint density at radius 3 is 2.73 bits per heavy atom. The van der Waals surface area contributed by atoms with Gasteiger partial charge in [0.05, 0.1) is 5.82 Å². The van der Waals surface area contributed by atoms with Crippen molar-refractivity contribution in [1.82, 2.24) is 5.32 Å². The molecule has 0 unspecified atom stereocenters. The van der Waals surface area contributed by atoms with Crippen molar-refractivity contribution in [1.29, 1.82) is 0 Å². The molecule has 1 aromatic rings. The SMILES string of the molecule is C=C(N)Nc1ccc2c(c1)CCNCC2. The van der Waals surface area contributed by atoms with Gasteiger partial charge in [-0.2, -0.15) is 0 Å². The van der Waals surface area contributed by atoms with Crippen molar-refractivity contribution in [3.8, 4) is 0 Å². The van der Waals surface area contributed by atoms with Crippen LogP contribution in [-0.2, 0) is 12.8 Å². The van der Waals surface area contributed by atoms with Crippen molar-refractivity contribution in [2.45, 2.75) is 12.8 Å². The molecule has 0 amide bonds. The van der Waals surface area contributed by atoms with Crippen LogP contribution in [0.15, 0.2) is 30.6 Å². The summed E-state index contributed by atoms with van der Waals surface area (Å²) in [6, 6.07) is 6.40. The summed E-state index contributed by atoms with van der Waals surface area (Å²) in [5.74, 6) is 0.488. The topological polar surface area (TPSA) is 50.1 Å². The zero-order chi connectivity index (χ0) is 10.7. The maximum Gasteiger partial charge on any atom is 0.0930 e. The smallest absolute Gasteiger partial charge is 0.0930 e. The van der Waals surface area contributed by atoms with E-state index >= 15 is 0 Å². The van der Waals surface area contributed by atoms with Gasteiger partial charge in [-0.25, -0.2) is 0 Å². The third-order valence-corrected chi connectivity index (χ3v) is 2.65. The third kappa shape index (κ3) is 2.50. The Kier molecular flexibility index (Phi) is 2.92. The summed E-state index contributed by atoms with van der Waals surface area (Å²) in [4.78, 5) is 0. The Hall–Kier alpha value is -1.48. The fourth-order valence-corrected chi connectivity index (χ4v) is 1.94. The van der Waals surface area contributed by atoms with E-state index in [1.54, 1.807) is 0 Å². The summed E-state index contributed by atoms with van der Waals surface area (Å²) >= 11 is 0. The van der Waals surface area contributed by atoms with Gasteiger partial charge < -0.3 is 16.4 Å². The molecule has 0 radical (unpaired) electrons. The van der Waals surface area contributed by atoms with Crippen molar-refractivity contribution in [2.75, 3.05) is 18.4 Å². The molecule has 0 spiro atoms. The second kappa shape index (κ2) is 4.36. The van der Waals surface area contributed by atoms with Crippen molar-refractivity contribution < 1.29 is 0 Å². The number of benzene rings is 1. The standard InChI is InChI=1S/C12H17N3/c1-9(13)15-12-3-2-10-4-6-14-7-5-11(10)8-12/h2-3,8,14-15H,1,4-7,13H2. The predicted molar refractivity (Wildman–Crippen MR) is 63.7 cm³/mol. The lowest BCUT2D eigenvalue weighted by Crippen LogP contribution is -2.16. The first-order valence-electron chi connectivity index (χ1n) is 5.29. The van der Waals surface area contributed by atoms with E-state index in [1.807, 2.05) is 0 Å². The van der Waals surface area contributed by atoms with Crippen LogP contribution in [0.4, 0.5) is 5.69 Å². The molecule has 1 aromatic carbocycles. The molecular weight excluding hydrogens is 186 g/mol. The molecule has 2 rings (SSSR count). The first-order valence-corrected chi connectivity index (χ1v) is 5.29. The number of hydrogen-bond acceptors (Lipinski definition) is 3. The molecule has 1 heterocycles. The number of nitrogens with one attached hydrogen (secondary N) is 2. The van der Waals surface area contributed by atoms with Crippen molar-refractivity contribution in [3.63, 3.8) is 0 Å². The summed E-state index contributed by atoms with van der Waals surface area (Å²) in [5.41, 5.74) is 9.39. The van der Waals surface area contributed by atoms with E-state index in [4.69, 9.17) is 5.73 Å². The molecule has 0 saturated carbocycles. The molecule has 1 aliphatic heterocycles. The highest BCUT2D eigenvalue weighted by Crippen LogP contribution is 2.18. The molecule has 80 valence electrons. The van der Waals surface area contributed by atoms with Gasteiger partial charge in [0, 0.05) is 5.69 Å². The second-order valence-corrected chi connectivity index (χ2v) is 3.88. The van der Waals surface area contributed by atoms with Crippen LogP contribution in [0.2, 0.25) is 0 Å². The molecule has 0 atom stereocenters. The van der Waals surface area contributed by atoms with E-state index in [-0.39, 0.29) is 0 Å². The molecule has 0 fully saturated rings. The largest absolute Gasteiger partial charge is 0.386 e. The minimum Gasteiger partial charge on any atom is -0.386 e. The monoisotopic (exact) mass is 203 g/mol. The van der Waals surface area contributed by atoms with E-state index in [0.717, 1.165) is 31.6 Å². The molecule has 0 aliphatic carbocycles. The second-order valence-electron chi connectivity index (χ2n) is 3.88. The van der Waals surface area contributed by atoms with Gasteiger partial charge in [-0.15, -0.1) is 0 Å². The van der Waals surface area contributed by atoms with Gasteiger partial charge in [-0.3, -0.25) is 0 Å². The average molecular weight is 203 g/mol. The number of anilines is 1. The van der Waals surface area contributed by atoms with Crippen LogP contribution < -0.4 is 16.4 Å². The van der Waals surface area contributed by atoms with Gasteiger partial charge in [0.2, 0.25) is 0 Å². The van der Waals surface area contributed by atoms with Crippen LogP contribution in [0.1, 0.15) is 11.1 Å². The maximum atomic E-state index is 5.51. The van der Waals surface area contributed by atoms with Crippen molar-refractivity contribution in [2.24, 2.45) is 5.73 Å². The fourth-order valence-electron chi connectivity index (χ4n) is 1.94. The highest BCUT2D eigenvalue weighted by Gasteiger charge is 2.07. The Bertz CT molecular complexity index is 371. The molecule has 0 saturated heterocycles. The van der Waals surface area contributed by atoms with Crippen LogP contribution in [0, 0.1) is 0 Å². The summed E-state index contributed by atoms with van der Waals surface area (Å²) in [7, 11) is 0. The summed E-state index contributed by atoms with van der Waals surface area (Å²) in [6.07, 6.45) is 2.20. The number of rotatable bonds is 2. The molecule has 3 nitrogen and oxygen atoms in total. The lowest BCUT2D eigenvalue weighted by Gasteiger charge is -2.10. The van der Waals surface area contributed by atoms with Crippen molar-refractivity contribution >= 4 is 5.69 Å². The highest BCUT2D eigenvalue weighted by atomic mass is 15.0. The summed E-state index contributed by atoms with van der Waals surface area (Å²) in [6.45, 7) is 5.76. The van der Waals surface area contributed by atoms with Gasteiger partial charge in [0.25, 0.3) is 0 Å².